The van der Waals surface area contributed by atoms with Crippen molar-refractivity contribution < 1.29 is 14.6 Å². The normalized spacial score (nSPS) is 13.2. The Bertz CT molecular complexity index is 379. The Labute approximate surface area is 101 Å². The van der Waals surface area contributed by atoms with E-state index in [1.807, 2.05) is 20.8 Å². The Kier molecular flexibility index (Phi) is 4.12. The summed E-state index contributed by atoms with van der Waals surface area (Å²) >= 11 is 0. The summed E-state index contributed by atoms with van der Waals surface area (Å²) in [4.78, 5) is 10.9. The van der Waals surface area contributed by atoms with Gasteiger partial charge in [-0.1, -0.05) is 20.8 Å². The lowest BCUT2D eigenvalue weighted by molar-refractivity contribution is 0.0218. The molecule has 4 nitrogen and oxygen atoms in total. The van der Waals surface area contributed by atoms with Gasteiger partial charge in [-0.2, -0.15) is 0 Å². The fraction of sp³-hybridized carbons (Fsp3) is 0.462. The molecule has 0 aromatic heterocycles. The molecule has 1 aromatic rings. The van der Waals surface area contributed by atoms with Gasteiger partial charge in [0, 0.05) is 5.56 Å². The lowest BCUT2D eigenvalue weighted by atomic mass is 9.90. The molecule has 94 valence electrons. The smallest absolute Gasteiger partial charge is 0.248 e. The minimum atomic E-state index is -0.543. The average molecular weight is 237 g/mol. The lowest BCUT2D eigenvalue weighted by Gasteiger charge is -2.25. The number of carbonyl (C=O) groups is 1. The van der Waals surface area contributed by atoms with Crippen molar-refractivity contribution in [2.75, 3.05) is 6.61 Å². The van der Waals surface area contributed by atoms with Crippen molar-refractivity contribution in [1.82, 2.24) is 0 Å². The van der Waals surface area contributed by atoms with E-state index in [9.17, 15) is 9.90 Å². The summed E-state index contributed by atoms with van der Waals surface area (Å²) in [7, 11) is 0. The van der Waals surface area contributed by atoms with Crippen LogP contribution in [0.1, 0.15) is 31.1 Å². The van der Waals surface area contributed by atoms with Crippen LogP contribution in [0.15, 0.2) is 24.3 Å². The van der Waals surface area contributed by atoms with E-state index in [4.69, 9.17) is 10.5 Å². The first-order valence-corrected chi connectivity index (χ1v) is 5.51. The highest BCUT2D eigenvalue weighted by Crippen LogP contribution is 2.20. The standard InChI is InChI=1S/C13H19NO3/c1-13(2,3)11(15)8-17-10-6-4-9(5-7-10)12(14)16/h4-7,11,15H,8H2,1-3H3,(H2,14,16). The maximum atomic E-state index is 10.9. The van der Waals surface area contributed by atoms with Crippen molar-refractivity contribution in [3.05, 3.63) is 29.8 Å². The summed E-state index contributed by atoms with van der Waals surface area (Å²) in [6, 6.07) is 6.52. The second-order valence-corrected chi connectivity index (χ2v) is 5.08. The molecule has 4 heteroatoms. The highest BCUT2D eigenvalue weighted by atomic mass is 16.5. The molecule has 0 saturated carbocycles. The Morgan fingerprint density at radius 1 is 1.35 bits per heavy atom. The van der Waals surface area contributed by atoms with E-state index in [0.29, 0.717) is 11.3 Å². The lowest BCUT2D eigenvalue weighted by Crippen LogP contribution is -2.31. The van der Waals surface area contributed by atoms with E-state index in [-0.39, 0.29) is 12.0 Å². The molecule has 1 aromatic carbocycles. The molecule has 0 aliphatic carbocycles. The predicted molar refractivity (Wildman–Crippen MR) is 65.9 cm³/mol. The van der Waals surface area contributed by atoms with Gasteiger partial charge in [-0.15, -0.1) is 0 Å². The van der Waals surface area contributed by atoms with Crippen LogP contribution in [0.2, 0.25) is 0 Å². The number of benzene rings is 1. The summed E-state index contributed by atoms with van der Waals surface area (Å²) in [5, 5.41) is 9.79. The first-order chi connectivity index (χ1) is 7.80. The first kappa shape index (κ1) is 13.5. The molecule has 0 bridgehead atoms. The molecule has 17 heavy (non-hydrogen) atoms. The van der Waals surface area contributed by atoms with E-state index in [1.165, 1.54) is 0 Å². The van der Waals surface area contributed by atoms with E-state index in [0.717, 1.165) is 0 Å². The number of hydrogen-bond donors (Lipinski definition) is 2. The van der Waals surface area contributed by atoms with Gasteiger partial charge in [0.15, 0.2) is 0 Å². The van der Waals surface area contributed by atoms with Crippen molar-refractivity contribution in [2.45, 2.75) is 26.9 Å². The number of aliphatic hydroxyl groups is 1. The Morgan fingerprint density at radius 2 is 1.88 bits per heavy atom. The Morgan fingerprint density at radius 3 is 2.29 bits per heavy atom. The maximum absolute atomic E-state index is 10.9. The van der Waals surface area contributed by atoms with Crippen molar-refractivity contribution in [2.24, 2.45) is 11.1 Å². The number of rotatable bonds is 4. The fourth-order valence-electron chi connectivity index (χ4n) is 1.14. The van der Waals surface area contributed by atoms with Gasteiger partial charge in [-0.05, 0) is 29.7 Å². The van der Waals surface area contributed by atoms with E-state index < -0.39 is 12.0 Å². The second kappa shape index (κ2) is 5.19. The first-order valence-electron chi connectivity index (χ1n) is 5.51. The highest BCUT2D eigenvalue weighted by molar-refractivity contribution is 5.92. The number of aliphatic hydroxyl groups excluding tert-OH is 1. The largest absolute Gasteiger partial charge is 0.491 e. The van der Waals surface area contributed by atoms with Crippen LogP contribution in [0.5, 0.6) is 5.75 Å². The van der Waals surface area contributed by atoms with Gasteiger partial charge in [0.2, 0.25) is 5.91 Å². The van der Waals surface area contributed by atoms with Gasteiger partial charge in [-0.25, -0.2) is 0 Å². The Hall–Kier alpha value is -1.55. The molecule has 0 aliphatic rings. The van der Waals surface area contributed by atoms with Crippen LogP contribution < -0.4 is 10.5 Å². The molecule has 3 N–H and O–H groups in total. The molecule has 0 radical (unpaired) electrons. The number of ether oxygens (including phenoxy) is 1. The summed E-state index contributed by atoms with van der Waals surface area (Å²) in [6.45, 7) is 6.05. The number of nitrogens with two attached hydrogens (primary N) is 1. The number of primary amides is 1. The predicted octanol–water partition coefficient (Wildman–Crippen LogP) is 1.57. The van der Waals surface area contributed by atoms with Crippen molar-refractivity contribution >= 4 is 5.91 Å². The topological polar surface area (TPSA) is 72.6 Å². The molecule has 1 unspecified atom stereocenters. The SMILES string of the molecule is CC(C)(C)C(O)COc1ccc(C(N)=O)cc1. The molecular formula is C13H19NO3. The number of hydrogen-bond acceptors (Lipinski definition) is 3. The van der Waals surface area contributed by atoms with E-state index in [1.54, 1.807) is 24.3 Å². The average Bonchev–Trinajstić information content (AvgIpc) is 2.25. The van der Waals surface area contributed by atoms with Crippen LogP contribution in [0.4, 0.5) is 0 Å². The number of amides is 1. The minimum Gasteiger partial charge on any atom is -0.491 e. The molecule has 1 rings (SSSR count). The molecule has 1 atom stereocenters. The van der Waals surface area contributed by atoms with Crippen LogP contribution in [0, 0.1) is 5.41 Å². The summed E-state index contributed by atoms with van der Waals surface area (Å²) in [6.07, 6.45) is -0.543. The third kappa shape index (κ3) is 4.07. The van der Waals surface area contributed by atoms with Crippen LogP contribution in [-0.4, -0.2) is 23.7 Å². The Balaban J connectivity index is 2.56. The molecule has 1 amide bonds. The quantitative estimate of drug-likeness (QED) is 0.835. The highest BCUT2D eigenvalue weighted by Gasteiger charge is 2.22. The van der Waals surface area contributed by atoms with Gasteiger partial charge in [0.05, 0.1) is 6.10 Å². The monoisotopic (exact) mass is 237 g/mol. The van der Waals surface area contributed by atoms with Crippen LogP contribution in [0.3, 0.4) is 0 Å². The van der Waals surface area contributed by atoms with Crippen molar-refractivity contribution in [1.29, 1.82) is 0 Å². The molecule has 0 spiro atoms. The van der Waals surface area contributed by atoms with Crippen LogP contribution >= 0.6 is 0 Å². The zero-order valence-corrected chi connectivity index (χ0v) is 10.4. The third-order valence-electron chi connectivity index (χ3n) is 2.55. The van der Waals surface area contributed by atoms with Gasteiger partial charge in [-0.3, -0.25) is 4.79 Å². The van der Waals surface area contributed by atoms with Gasteiger partial charge in [0.25, 0.3) is 0 Å². The van der Waals surface area contributed by atoms with Gasteiger partial charge < -0.3 is 15.6 Å². The van der Waals surface area contributed by atoms with Crippen LogP contribution in [-0.2, 0) is 0 Å². The van der Waals surface area contributed by atoms with Gasteiger partial charge in [0.1, 0.15) is 12.4 Å². The minimum absolute atomic E-state index is 0.215. The molecular weight excluding hydrogens is 218 g/mol. The number of carbonyl (C=O) groups excluding carboxylic acids is 1. The molecule has 0 fully saturated rings. The van der Waals surface area contributed by atoms with E-state index >= 15 is 0 Å². The van der Waals surface area contributed by atoms with Gasteiger partial charge >= 0.3 is 0 Å². The second-order valence-electron chi connectivity index (χ2n) is 5.08. The maximum Gasteiger partial charge on any atom is 0.248 e. The molecule has 0 saturated heterocycles. The van der Waals surface area contributed by atoms with E-state index in [2.05, 4.69) is 0 Å². The zero-order chi connectivity index (χ0) is 13.1. The van der Waals surface area contributed by atoms with Crippen molar-refractivity contribution in [3.8, 4) is 5.75 Å². The third-order valence-corrected chi connectivity index (χ3v) is 2.55. The molecule has 0 aliphatic heterocycles. The fourth-order valence-corrected chi connectivity index (χ4v) is 1.14. The van der Waals surface area contributed by atoms with Crippen LogP contribution in [0.25, 0.3) is 0 Å². The summed E-state index contributed by atoms with van der Waals surface area (Å²) in [5.74, 6) is 0.143. The molecule has 0 heterocycles. The zero-order valence-electron chi connectivity index (χ0n) is 10.4. The van der Waals surface area contributed by atoms with Crippen molar-refractivity contribution in [3.63, 3.8) is 0 Å². The summed E-state index contributed by atoms with van der Waals surface area (Å²) < 4.78 is 5.43. The summed E-state index contributed by atoms with van der Waals surface area (Å²) in [5.41, 5.74) is 5.35.